The summed E-state index contributed by atoms with van der Waals surface area (Å²) in [5, 5.41) is 12.8. The molecule has 0 saturated heterocycles. The van der Waals surface area contributed by atoms with Crippen molar-refractivity contribution in [1.82, 2.24) is 5.32 Å². The summed E-state index contributed by atoms with van der Waals surface area (Å²) in [5.41, 5.74) is 0.736. The first kappa shape index (κ1) is 11.1. The molecule has 0 saturated carbocycles. The molecule has 78 valence electrons. The zero-order chi connectivity index (χ0) is 10.6. The van der Waals surface area contributed by atoms with Gasteiger partial charge >= 0.3 is 0 Å². The highest BCUT2D eigenvalue weighted by atomic mass is 19.1. The number of halogens is 1. The molecule has 2 N–H and O–H groups in total. The fraction of sp³-hybridized carbons (Fsp3) is 0.455. The number of benzene rings is 1. The average molecular weight is 197 g/mol. The van der Waals surface area contributed by atoms with Gasteiger partial charge in [0.05, 0.1) is 6.10 Å². The van der Waals surface area contributed by atoms with Crippen molar-refractivity contribution in [3.8, 4) is 0 Å². The molecule has 0 unspecified atom stereocenters. The lowest BCUT2D eigenvalue weighted by molar-refractivity contribution is 0.171. The summed E-state index contributed by atoms with van der Waals surface area (Å²) in [4.78, 5) is 0. The molecule has 3 heteroatoms. The van der Waals surface area contributed by atoms with Gasteiger partial charge in [-0.1, -0.05) is 26.0 Å². The van der Waals surface area contributed by atoms with Crippen molar-refractivity contribution in [2.24, 2.45) is 0 Å². The van der Waals surface area contributed by atoms with E-state index in [1.54, 1.807) is 12.1 Å². The van der Waals surface area contributed by atoms with Gasteiger partial charge in [0.1, 0.15) is 5.82 Å². The summed E-state index contributed by atoms with van der Waals surface area (Å²) in [6.07, 6.45) is -0.571. The van der Waals surface area contributed by atoms with Gasteiger partial charge in [-0.2, -0.15) is 0 Å². The van der Waals surface area contributed by atoms with Crippen LogP contribution in [0, 0.1) is 5.82 Å². The van der Waals surface area contributed by atoms with Gasteiger partial charge in [0, 0.05) is 12.6 Å². The molecule has 0 aromatic heterocycles. The van der Waals surface area contributed by atoms with E-state index in [4.69, 9.17) is 0 Å². The predicted molar refractivity (Wildman–Crippen MR) is 54.5 cm³/mol. The zero-order valence-electron chi connectivity index (χ0n) is 8.50. The minimum absolute atomic E-state index is 0.280. The van der Waals surface area contributed by atoms with E-state index in [2.05, 4.69) is 5.32 Å². The maximum atomic E-state index is 12.6. The molecule has 2 nitrogen and oxygen atoms in total. The van der Waals surface area contributed by atoms with Crippen LogP contribution in [0.5, 0.6) is 0 Å². The van der Waals surface area contributed by atoms with Gasteiger partial charge in [-0.05, 0) is 17.7 Å². The standard InChI is InChI=1S/C11H16FNO/c1-8(2)13-7-11(14)9-3-5-10(12)6-4-9/h3-6,8,11,13-14H,7H2,1-2H3/t11-/m1/s1. The third-order valence-electron chi connectivity index (χ3n) is 1.97. The van der Waals surface area contributed by atoms with Crippen molar-refractivity contribution < 1.29 is 9.50 Å². The van der Waals surface area contributed by atoms with Gasteiger partial charge in [-0.25, -0.2) is 4.39 Å². The molecule has 1 aromatic rings. The first-order valence-corrected chi connectivity index (χ1v) is 4.76. The van der Waals surface area contributed by atoms with Crippen LogP contribution in [0.1, 0.15) is 25.5 Å². The van der Waals surface area contributed by atoms with E-state index < -0.39 is 6.10 Å². The maximum Gasteiger partial charge on any atom is 0.123 e. The molecule has 0 heterocycles. The molecule has 0 aliphatic heterocycles. The van der Waals surface area contributed by atoms with E-state index in [-0.39, 0.29) is 5.82 Å². The van der Waals surface area contributed by atoms with Crippen LogP contribution in [0.4, 0.5) is 4.39 Å². The maximum absolute atomic E-state index is 12.6. The predicted octanol–water partition coefficient (Wildman–Crippen LogP) is 1.86. The summed E-state index contributed by atoms with van der Waals surface area (Å²) in [5.74, 6) is -0.280. The van der Waals surface area contributed by atoms with Crippen molar-refractivity contribution in [1.29, 1.82) is 0 Å². The van der Waals surface area contributed by atoms with Gasteiger partial charge in [-0.3, -0.25) is 0 Å². The number of hydrogen-bond acceptors (Lipinski definition) is 2. The second-order valence-corrected chi connectivity index (χ2v) is 3.63. The Bertz CT molecular complexity index is 271. The monoisotopic (exact) mass is 197 g/mol. The Morgan fingerprint density at radius 1 is 1.29 bits per heavy atom. The lowest BCUT2D eigenvalue weighted by atomic mass is 10.1. The van der Waals surface area contributed by atoms with Crippen molar-refractivity contribution in [3.05, 3.63) is 35.6 Å². The normalized spacial score (nSPS) is 13.2. The van der Waals surface area contributed by atoms with Crippen LogP contribution in [-0.4, -0.2) is 17.7 Å². The molecule has 0 radical (unpaired) electrons. The summed E-state index contributed by atoms with van der Waals surface area (Å²) in [7, 11) is 0. The van der Waals surface area contributed by atoms with Crippen molar-refractivity contribution in [2.45, 2.75) is 26.0 Å². The fourth-order valence-corrected chi connectivity index (χ4v) is 1.15. The van der Waals surface area contributed by atoms with Gasteiger partial charge in [0.25, 0.3) is 0 Å². The minimum Gasteiger partial charge on any atom is -0.387 e. The Balaban J connectivity index is 2.52. The number of aliphatic hydroxyl groups is 1. The van der Waals surface area contributed by atoms with E-state index in [9.17, 15) is 9.50 Å². The van der Waals surface area contributed by atoms with Crippen LogP contribution >= 0.6 is 0 Å². The molecular formula is C11H16FNO. The van der Waals surface area contributed by atoms with E-state index >= 15 is 0 Å². The van der Waals surface area contributed by atoms with Crippen LogP contribution < -0.4 is 5.32 Å². The zero-order valence-corrected chi connectivity index (χ0v) is 8.50. The molecule has 0 spiro atoms. The summed E-state index contributed by atoms with van der Waals surface area (Å²) in [6.45, 7) is 4.51. The Kier molecular flexibility index (Phi) is 4.04. The Hall–Kier alpha value is -0.930. The largest absolute Gasteiger partial charge is 0.387 e. The van der Waals surface area contributed by atoms with Crippen LogP contribution in [-0.2, 0) is 0 Å². The number of hydrogen-bond donors (Lipinski definition) is 2. The molecule has 0 aliphatic rings. The first-order chi connectivity index (χ1) is 6.59. The molecule has 1 rings (SSSR count). The first-order valence-electron chi connectivity index (χ1n) is 4.76. The second-order valence-electron chi connectivity index (χ2n) is 3.63. The fourth-order valence-electron chi connectivity index (χ4n) is 1.15. The molecule has 1 atom stereocenters. The molecule has 0 bridgehead atoms. The Morgan fingerprint density at radius 2 is 1.86 bits per heavy atom. The average Bonchev–Trinajstić information content (AvgIpc) is 2.15. The summed E-state index contributed by atoms with van der Waals surface area (Å²) >= 11 is 0. The van der Waals surface area contributed by atoms with E-state index in [0.717, 1.165) is 5.56 Å². The third kappa shape index (κ3) is 3.44. The van der Waals surface area contributed by atoms with Gasteiger partial charge in [-0.15, -0.1) is 0 Å². The lowest BCUT2D eigenvalue weighted by Crippen LogP contribution is -2.27. The van der Waals surface area contributed by atoms with Crippen LogP contribution in [0.15, 0.2) is 24.3 Å². The Morgan fingerprint density at radius 3 is 2.36 bits per heavy atom. The second kappa shape index (κ2) is 5.08. The molecule has 1 aromatic carbocycles. The minimum atomic E-state index is -0.571. The van der Waals surface area contributed by atoms with Crippen LogP contribution in [0.25, 0.3) is 0 Å². The van der Waals surface area contributed by atoms with Gasteiger partial charge < -0.3 is 10.4 Å². The third-order valence-corrected chi connectivity index (χ3v) is 1.97. The summed E-state index contributed by atoms with van der Waals surface area (Å²) in [6, 6.07) is 6.25. The van der Waals surface area contributed by atoms with Gasteiger partial charge in [0.15, 0.2) is 0 Å². The quantitative estimate of drug-likeness (QED) is 0.772. The van der Waals surface area contributed by atoms with E-state index in [1.807, 2.05) is 13.8 Å². The lowest BCUT2D eigenvalue weighted by Gasteiger charge is -2.14. The highest BCUT2D eigenvalue weighted by molar-refractivity contribution is 5.18. The topological polar surface area (TPSA) is 32.3 Å². The summed E-state index contributed by atoms with van der Waals surface area (Å²) < 4.78 is 12.6. The highest BCUT2D eigenvalue weighted by Crippen LogP contribution is 2.12. The van der Waals surface area contributed by atoms with Crippen molar-refractivity contribution in [2.75, 3.05) is 6.54 Å². The SMILES string of the molecule is CC(C)NC[C@@H](O)c1ccc(F)cc1. The number of aliphatic hydroxyl groups excluding tert-OH is 1. The molecule has 14 heavy (non-hydrogen) atoms. The van der Waals surface area contributed by atoms with Gasteiger partial charge in [0.2, 0.25) is 0 Å². The molecule has 0 fully saturated rings. The number of rotatable bonds is 4. The Labute approximate surface area is 83.8 Å². The molecular weight excluding hydrogens is 181 g/mol. The highest BCUT2D eigenvalue weighted by Gasteiger charge is 2.07. The van der Waals surface area contributed by atoms with Crippen LogP contribution in [0.3, 0.4) is 0 Å². The molecule has 0 amide bonds. The van der Waals surface area contributed by atoms with Crippen molar-refractivity contribution >= 4 is 0 Å². The number of nitrogens with one attached hydrogen (secondary N) is 1. The molecule has 0 aliphatic carbocycles. The smallest absolute Gasteiger partial charge is 0.123 e. The van der Waals surface area contributed by atoms with E-state index in [0.29, 0.717) is 12.6 Å². The van der Waals surface area contributed by atoms with Crippen molar-refractivity contribution in [3.63, 3.8) is 0 Å². The van der Waals surface area contributed by atoms with E-state index in [1.165, 1.54) is 12.1 Å². The van der Waals surface area contributed by atoms with Crippen LogP contribution in [0.2, 0.25) is 0 Å².